The van der Waals surface area contributed by atoms with Crippen molar-refractivity contribution in [1.82, 2.24) is 19.4 Å². The van der Waals surface area contributed by atoms with Crippen LogP contribution in [-0.2, 0) is 29.7 Å². The Morgan fingerprint density at radius 3 is 2.59 bits per heavy atom. The maximum Gasteiger partial charge on any atom is 0.278 e. The number of methoxy groups -OCH3 is 1. The SMILES string of the molecule is COCCn1c(SCC(=O)NCc2ccc(Cl)cc2)nc2c(-c3ccccc3)cn(C)c2c1=O. The Morgan fingerprint density at radius 1 is 1.15 bits per heavy atom. The Hall–Kier alpha value is -3.07. The third-order valence-corrected chi connectivity index (χ3v) is 6.61. The summed E-state index contributed by atoms with van der Waals surface area (Å²) < 4.78 is 8.59. The molecule has 0 bridgehead atoms. The molecule has 1 amide bonds. The Kier molecular flexibility index (Phi) is 7.72. The van der Waals surface area contributed by atoms with Gasteiger partial charge in [0.2, 0.25) is 5.91 Å². The summed E-state index contributed by atoms with van der Waals surface area (Å²) in [6.07, 6.45) is 1.92. The molecule has 2 aromatic carbocycles. The van der Waals surface area contributed by atoms with Gasteiger partial charge in [-0.05, 0) is 23.3 Å². The molecular weight excluding hydrogens is 472 g/mol. The van der Waals surface area contributed by atoms with E-state index in [2.05, 4.69) is 5.32 Å². The molecule has 0 saturated carbocycles. The van der Waals surface area contributed by atoms with Gasteiger partial charge in [-0.25, -0.2) is 4.98 Å². The van der Waals surface area contributed by atoms with Crippen LogP contribution in [0.3, 0.4) is 0 Å². The molecule has 0 unspecified atom stereocenters. The lowest BCUT2D eigenvalue weighted by Crippen LogP contribution is -2.28. The third-order valence-electron chi connectivity index (χ3n) is 5.38. The molecule has 176 valence electrons. The molecule has 4 rings (SSSR count). The van der Waals surface area contributed by atoms with Crippen molar-refractivity contribution in [2.75, 3.05) is 19.5 Å². The molecule has 2 heterocycles. The van der Waals surface area contributed by atoms with E-state index in [-0.39, 0.29) is 17.2 Å². The normalized spacial score (nSPS) is 11.1. The molecule has 9 heteroatoms. The van der Waals surface area contributed by atoms with E-state index in [0.29, 0.717) is 40.9 Å². The first kappa shape index (κ1) is 24.1. The average molecular weight is 497 g/mol. The molecule has 0 spiro atoms. The van der Waals surface area contributed by atoms with E-state index in [9.17, 15) is 9.59 Å². The van der Waals surface area contributed by atoms with Crippen LogP contribution in [-0.4, -0.2) is 39.5 Å². The summed E-state index contributed by atoms with van der Waals surface area (Å²) in [5, 5.41) is 4.03. The first-order valence-electron chi connectivity index (χ1n) is 10.8. The van der Waals surface area contributed by atoms with Crippen molar-refractivity contribution in [3.8, 4) is 11.1 Å². The number of carbonyl (C=O) groups excluding carboxylic acids is 1. The molecule has 1 N–H and O–H groups in total. The number of carbonyl (C=O) groups is 1. The first-order valence-corrected chi connectivity index (χ1v) is 12.1. The van der Waals surface area contributed by atoms with Gasteiger partial charge in [-0.1, -0.05) is 65.8 Å². The summed E-state index contributed by atoms with van der Waals surface area (Å²) >= 11 is 7.15. The van der Waals surface area contributed by atoms with Gasteiger partial charge in [-0.3, -0.25) is 14.2 Å². The summed E-state index contributed by atoms with van der Waals surface area (Å²) in [6, 6.07) is 17.1. The molecule has 0 aliphatic carbocycles. The number of halogens is 1. The molecule has 0 radical (unpaired) electrons. The van der Waals surface area contributed by atoms with E-state index in [1.54, 1.807) is 23.8 Å². The van der Waals surface area contributed by atoms with Gasteiger partial charge >= 0.3 is 0 Å². The number of ether oxygens (including phenoxy) is 1. The lowest BCUT2D eigenvalue weighted by atomic mass is 10.1. The van der Waals surface area contributed by atoms with Crippen LogP contribution < -0.4 is 10.9 Å². The molecule has 0 fully saturated rings. The van der Waals surface area contributed by atoms with Crippen LogP contribution in [0.15, 0.2) is 70.7 Å². The minimum Gasteiger partial charge on any atom is -0.383 e. The molecule has 0 aliphatic heterocycles. The van der Waals surface area contributed by atoms with Crippen LogP contribution in [0.4, 0.5) is 0 Å². The number of hydrogen-bond acceptors (Lipinski definition) is 5. The fourth-order valence-corrected chi connectivity index (χ4v) is 4.63. The van der Waals surface area contributed by atoms with E-state index in [4.69, 9.17) is 21.3 Å². The van der Waals surface area contributed by atoms with Gasteiger partial charge in [0, 0.05) is 37.5 Å². The van der Waals surface area contributed by atoms with E-state index in [0.717, 1.165) is 16.7 Å². The van der Waals surface area contributed by atoms with Crippen LogP contribution in [0.2, 0.25) is 5.02 Å². The fraction of sp³-hybridized carbons (Fsp3) is 0.240. The van der Waals surface area contributed by atoms with Crippen molar-refractivity contribution in [2.45, 2.75) is 18.2 Å². The van der Waals surface area contributed by atoms with Crippen LogP contribution >= 0.6 is 23.4 Å². The molecule has 34 heavy (non-hydrogen) atoms. The van der Waals surface area contributed by atoms with Gasteiger partial charge in [-0.2, -0.15) is 0 Å². The lowest BCUT2D eigenvalue weighted by molar-refractivity contribution is -0.118. The standard InChI is InChI=1S/C25H25ClN4O3S/c1-29-15-20(18-6-4-3-5-7-18)22-23(29)24(32)30(12-13-33-2)25(28-22)34-16-21(31)27-14-17-8-10-19(26)11-9-17/h3-11,15H,12-14,16H2,1-2H3,(H,27,31). The zero-order valence-electron chi connectivity index (χ0n) is 19.0. The highest BCUT2D eigenvalue weighted by Gasteiger charge is 2.19. The summed E-state index contributed by atoms with van der Waals surface area (Å²) in [4.78, 5) is 30.8. The number of hydrogen-bond donors (Lipinski definition) is 1. The Balaban J connectivity index is 1.61. The number of nitrogens with zero attached hydrogens (tertiary/aromatic N) is 3. The van der Waals surface area contributed by atoms with Crippen LogP contribution in [0.1, 0.15) is 5.56 Å². The highest BCUT2D eigenvalue weighted by Crippen LogP contribution is 2.29. The quantitative estimate of drug-likeness (QED) is 0.279. The predicted molar refractivity (Wildman–Crippen MR) is 136 cm³/mol. The molecule has 2 aromatic heterocycles. The number of amides is 1. The van der Waals surface area contributed by atoms with Crippen molar-refractivity contribution in [2.24, 2.45) is 7.05 Å². The van der Waals surface area contributed by atoms with Gasteiger partial charge < -0.3 is 14.6 Å². The predicted octanol–water partition coefficient (Wildman–Crippen LogP) is 4.11. The van der Waals surface area contributed by atoms with E-state index < -0.39 is 0 Å². The number of nitrogens with one attached hydrogen (secondary N) is 1. The van der Waals surface area contributed by atoms with Crippen molar-refractivity contribution >= 4 is 40.3 Å². The number of aryl methyl sites for hydroxylation is 1. The first-order chi connectivity index (χ1) is 16.5. The summed E-state index contributed by atoms with van der Waals surface area (Å²) in [5.41, 5.74) is 3.80. The number of benzene rings is 2. The summed E-state index contributed by atoms with van der Waals surface area (Å²) in [6.45, 7) is 1.11. The molecule has 0 saturated heterocycles. The van der Waals surface area contributed by atoms with Gasteiger partial charge in [0.1, 0.15) is 11.0 Å². The Bertz CT molecular complexity index is 1350. The van der Waals surface area contributed by atoms with Crippen molar-refractivity contribution in [3.63, 3.8) is 0 Å². The number of thioether (sulfide) groups is 1. The molecule has 7 nitrogen and oxygen atoms in total. The second kappa shape index (κ2) is 10.9. The van der Waals surface area contributed by atoms with Gasteiger partial charge in [0.15, 0.2) is 5.16 Å². The Morgan fingerprint density at radius 2 is 1.88 bits per heavy atom. The molecule has 4 aromatic rings. The maximum absolute atomic E-state index is 13.4. The maximum atomic E-state index is 13.4. The summed E-state index contributed by atoms with van der Waals surface area (Å²) in [7, 11) is 3.43. The minimum atomic E-state index is -0.157. The van der Waals surface area contributed by atoms with E-state index in [1.807, 2.05) is 60.3 Å². The molecule has 0 atom stereocenters. The van der Waals surface area contributed by atoms with Crippen LogP contribution in [0, 0.1) is 0 Å². The largest absolute Gasteiger partial charge is 0.383 e. The fourth-order valence-electron chi connectivity index (χ4n) is 3.65. The Labute approximate surface area is 206 Å². The number of fused-ring (bicyclic) bond motifs is 1. The van der Waals surface area contributed by atoms with Crippen molar-refractivity contribution in [3.05, 3.63) is 81.7 Å². The van der Waals surface area contributed by atoms with E-state index in [1.165, 1.54) is 11.8 Å². The minimum absolute atomic E-state index is 0.131. The van der Waals surface area contributed by atoms with Crippen molar-refractivity contribution in [1.29, 1.82) is 0 Å². The monoisotopic (exact) mass is 496 g/mol. The smallest absolute Gasteiger partial charge is 0.278 e. The zero-order valence-corrected chi connectivity index (χ0v) is 20.5. The van der Waals surface area contributed by atoms with Gasteiger partial charge in [-0.15, -0.1) is 0 Å². The van der Waals surface area contributed by atoms with Gasteiger partial charge in [0.25, 0.3) is 5.56 Å². The van der Waals surface area contributed by atoms with Crippen LogP contribution in [0.5, 0.6) is 0 Å². The van der Waals surface area contributed by atoms with Gasteiger partial charge in [0.05, 0.1) is 18.9 Å². The summed E-state index contributed by atoms with van der Waals surface area (Å²) in [5.74, 6) is -0.0182. The number of rotatable bonds is 9. The zero-order chi connectivity index (χ0) is 24.1. The second-order valence-corrected chi connectivity index (χ2v) is 9.13. The molecular formula is C25H25ClN4O3S. The second-order valence-electron chi connectivity index (χ2n) is 7.75. The highest BCUT2D eigenvalue weighted by molar-refractivity contribution is 7.99. The lowest BCUT2D eigenvalue weighted by Gasteiger charge is -2.13. The third kappa shape index (κ3) is 5.35. The molecule has 0 aliphatic rings. The topological polar surface area (TPSA) is 78.2 Å². The van der Waals surface area contributed by atoms with E-state index >= 15 is 0 Å². The van der Waals surface area contributed by atoms with Crippen LogP contribution in [0.25, 0.3) is 22.2 Å². The average Bonchev–Trinajstić information content (AvgIpc) is 3.18. The number of aromatic nitrogens is 3. The highest BCUT2D eigenvalue weighted by atomic mass is 35.5. The van der Waals surface area contributed by atoms with Crippen molar-refractivity contribution < 1.29 is 9.53 Å².